The van der Waals surface area contributed by atoms with Gasteiger partial charge in [0.25, 0.3) is 0 Å². The Balaban J connectivity index is 2.25. The molecule has 0 bridgehead atoms. The molecule has 0 radical (unpaired) electrons. The van der Waals surface area contributed by atoms with Crippen molar-refractivity contribution in [3.05, 3.63) is 68.5 Å². The van der Waals surface area contributed by atoms with Gasteiger partial charge in [0.15, 0.2) is 5.75 Å². The maximum absolute atomic E-state index is 13.3. The number of carbonyl (C=O) groups is 1. The van der Waals surface area contributed by atoms with E-state index in [4.69, 9.17) is 16.3 Å². The number of benzene rings is 2. The minimum Gasteiger partial charge on any atom is -0.482 e. The number of aldehydes is 1. The van der Waals surface area contributed by atoms with Crippen LogP contribution in [0.1, 0.15) is 15.9 Å². The van der Waals surface area contributed by atoms with Crippen LogP contribution in [0.25, 0.3) is 0 Å². The Morgan fingerprint density at radius 2 is 2.10 bits per heavy atom. The van der Waals surface area contributed by atoms with Crippen molar-refractivity contribution in [1.82, 2.24) is 0 Å². The number of carbonyl (C=O) groups excluding carboxylic acids is 1. The van der Waals surface area contributed by atoms with Gasteiger partial charge >= 0.3 is 5.69 Å². The largest absolute Gasteiger partial charge is 0.482 e. The van der Waals surface area contributed by atoms with Crippen LogP contribution in [-0.2, 0) is 6.61 Å². The molecule has 0 saturated heterocycles. The van der Waals surface area contributed by atoms with E-state index in [9.17, 15) is 19.3 Å². The van der Waals surface area contributed by atoms with Gasteiger partial charge in [-0.05, 0) is 18.2 Å². The average molecular weight is 310 g/mol. The molecule has 0 aromatic heterocycles. The molecule has 2 aromatic carbocycles. The first-order valence-electron chi connectivity index (χ1n) is 5.82. The van der Waals surface area contributed by atoms with Crippen molar-refractivity contribution in [2.45, 2.75) is 6.61 Å². The molecule has 5 nitrogen and oxygen atoms in total. The van der Waals surface area contributed by atoms with Crippen LogP contribution in [0, 0.1) is 15.9 Å². The summed E-state index contributed by atoms with van der Waals surface area (Å²) in [6, 6.07) is 8.03. The smallest absolute Gasteiger partial charge is 0.311 e. The van der Waals surface area contributed by atoms with Gasteiger partial charge in [0, 0.05) is 17.2 Å². The van der Waals surface area contributed by atoms with Crippen LogP contribution in [-0.4, -0.2) is 11.2 Å². The summed E-state index contributed by atoms with van der Waals surface area (Å²) >= 11 is 5.77. The Kier molecular flexibility index (Phi) is 4.49. The number of hydrogen-bond acceptors (Lipinski definition) is 4. The number of ether oxygens (including phenoxy) is 1. The van der Waals surface area contributed by atoms with Gasteiger partial charge in [0.2, 0.25) is 0 Å². The van der Waals surface area contributed by atoms with Crippen molar-refractivity contribution in [3.8, 4) is 5.75 Å². The zero-order chi connectivity index (χ0) is 15.4. The van der Waals surface area contributed by atoms with E-state index in [0.29, 0.717) is 11.8 Å². The first-order chi connectivity index (χ1) is 10.0. The van der Waals surface area contributed by atoms with Gasteiger partial charge in [-0.3, -0.25) is 14.9 Å². The van der Waals surface area contributed by atoms with Gasteiger partial charge in [0.05, 0.1) is 9.95 Å². The Hall–Kier alpha value is -2.47. The summed E-state index contributed by atoms with van der Waals surface area (Å²) in [5.41, 5.74) is 0.190. The van der Waals surface area contributed by atoms with Crippen LogP contribution in [0.3, 0.4) is 0 Å². The summed E-state index contributed by atoms with van der Waals surface area (Å²) in [6.07, 6.45) is 0.500. The quantitative estimate of drug-likeness (QED) is 0.479. The molecule has 0 unspecified atom stereocenters. The van der Waals surface area contributed by atoms with Gasteiger partial charge in [-0.25, -0.2) is 4.39 Å². The van der Waals surface area contributed by atoms with Crippen LogP contribution in [0.2, 0.25) is 5.02 Å². The van der Waals surface area contributed by atoms with Crippen LogP contribution in [0.15, 0.2) is 36.4 Å². The molecule has 0 N–H and O–H groups in total. The fourth-order valence-corrected chi connectivity index (χ4v) is 1.87. The van der Waals surface area contributed by atoms with Crippen LogP contribution in [0.4, 0.5) is 10.1 Å². The lowest BCUT2D eigenvalue weighted by molar-refractivity contribution is -0.386. The summed E-state index contributed by atoms with van der Waals surface area (Å²) < 4.78 is 18.6. The molecule has 7 heteroatoms. The van der Waals surface area contributed by atoms with Crippen molar-refractivity contribution < 1.29 is 18.8 Å². The molecule has 2 rings (SSSR count). The zero-order valence-corrected chi connectivity index (χ0v) is 11.3. The number of nitrogens with zero attached hydrogens (tertiary/aromatic N) is 1. The third-order valence-electron chi connectivity index (χ3n) is 2.73. The number of rotatable bonds is 5. The molecular formula is C14H9ClFNO4. The standard InChI is InChI=1S/C14H9ClFNO4/c15-14-10(2-1-3-11(14)16)8-21-13-5-4-9(7-18)6-12(13)17(19)20/h1-7H,8H2. The molecule has 0 fully saturated rings. The Labute approximate surface area is 124 Å². The predicted molar refractivity (Wildman–Crippen MR) is 74.2 cm³/mol. The molecule has 0 amide bonds. The number of hydrogen-bond donors (Lipinski definition) is 0. The molecule has 2 aromatic rings. The van der Waals surface area contributed by atoms with Gasteiger partial charge in [-0.15, -0.1) is 0 Å². The lowest BCUT2D eigenvalue weighted by Gasteiger charge is -2.08. The van der Waals surface area contributed by atoms with Gasteiger partial charge in [-0.1, -0.05) is 23.7 Å². The number of nitro benzene ring substituents is 1. The van der Waals surface area contributed by atoms with Crippen molar-refractivity contribution in [2.24, 2.45) is 0 Å². The summed E-state index contributed by atoms with van der Waals surface area (Å²) in [6.45, 7) is -0.127. The second-order valence-electron chi connectivity index (χ2n) is 4.10. The normalized spacial score (nSPS) is 10.2. The van der Waals surface area contributed by atoms with Crippen molar-refractivity contribution in [1.29, 1.82) is 0 Å². The van der Waals surface area contributed by atoms with E-state index in [2.05, 4.69) is 0 Å². The predicted octanol–water partition coefficient (Wildman–Crippen LogP) is 3.78. The third-order valence-corrected chi connectivity index (χ3v) is 3.15. The lowest BCUT2D eigenvalue weighted by Crippen LogP contribution is -2.01. The Morgan fingerprint density at radius 3 is 2.76 bits per heavy atom. The summed E-state index contributed by atoms with van der Waals surface area (Å²) in [5, 5.41) is 10.9. The maximum Gasteiger partial charge on any atom is 0.311 e. The second-order valence-corrected chi connectivity index (χ2v) is 4.48. The van der Waals surface area contributed by atoms with Crippen molar-refractivity contribution in [2.75, 3.05) is 0 Å². The Morgan fingerprint density at radius 1 is 1.33 bits per heavy atom. The monoisotopic (exact) mass is 309 g/mol. The first-order valence-corrected chi connectivity index (χ1v) is 6.20. The maximum atomic E-state index is 13.3. The van der Waals surface area contributed by atoms with Crippen LogP contribution < -0.4 is 4.74 Å². The highest BCUT2D eigenvalue weighted by atomic mass is 35.5. The first kappa shape index (κ1) is 14.9. The average Bonchev–Trinajstić information content (AvgIpc) is 2.48. The van der Waals surface area contributed by atoms with Gasteiger partial charge < -0.3 is 4.74 Å². The number of halogens is 2. The molecule has 108 valence electrons. The SMILES string of the molecule is O=Cc1ccc(OCc2cccc(F)c2Cl)c([N+](=O)[O-])c1. The van der Waals surface area contributed by atoms with Gasteiger partial charge in [0.1, 0.15) is 18.7 Å². The van der Waals surface area contributed by atoms with E-state index in [1.54, 1.807) is 6.07 Å². The third kappa shape index (κ3) is 3.35. The van der Waals surface area contributed by atoms with Crippen LogP contribution >= 0.6 is 11.6 Å². The minimum absolute atomic E-state index is 0.0223. The van der Waals surface area contributed by atoms with Crippen molar-refractivity contribution >= 4 is 23.6 Å². The molecule has 0 aliphatic carbocycles. The summed E-state index contributed by atoms with van der Waals surface area (Å²) in [4.78, 5) is 20.9. The van der Waals surface area contributed by atoms with E-state index in [-0.39, 0.29) is 28.6 Å². The van der Waals surface area contributed by atoms with E-state index >= 15 is 0 Å². The zero-order valence-electron chi connectivity index (χ0n) is 10.6. The van der Waals surface area contributed by atoms with Gasteiger partial charge in [-0.2, -0.15) is 0 Å². The molecule has 0 atom stereocenters. The van der Waals surface area contributed by atoms with E-state index in [1.165, 1.54) is 24.3 Å². The van der Waals surface area contributed by atoms with Crippen LogP contribution in [0.5, 0.6) is 5.75 Å². The second kappa shape index (κ2) is 6.32. The molecule has 0 spiro atoms. The van der Waals surface area contributed by atoms with E-state index < -0.39 is 10.7 Å². The molecular weight excluding hydrogens is 301 g/mol. The summed E-state index contributed by atoms with van der Waals surface area (Å²) in [5.74, 6) is -0.616. The Bertz CT molecular complexity index is 705. The minimum atomic E-state index is -0.657. The van der Waals surface area contributed by atoms with Crippen molar-refractivity contribution in [3.63, 3.8) is 0 Å². The molecule has 21 heavy (non-hydrogen) atoms. The fraction of sp³-hybridized carbons (Fsp3) is 0.0714. The van der Waals surface area contributed by atoms with E-state index in [1.807, 2.05) is 0 Å². The lowest BCUT2D eigenvalue weighted by atomic mass is 10.2. The number of nitro groups is 1. The highest BCUT2D eigenvalue weighted by Crippen LogP contribution is 2.29. The molecule has 0 aliphatic rings. The summed E-state index contributed by atoms with van der Waals surface area (Å²) in [7, 11) is 0. The molecule has 0 aliphatic heterocycles. The molecule has 0 heterocycles. The molecule has 0 saturated carbocycles. The highest BCUT2D eigenvalue weighted by molar-refractivity contribution is 6.31. The topological polar surface area (TPSA) is 69.4 Å². The van der Waals surface area contributed by atoms with E-state index in [0.717, 1.165) is 6.07 Å². The fourth-order valence-electron chi connectivity index (χ4n) is 1.69. The highest BCUT2D eigenvalue weighted by Gasteiger charge is 2.16.